The lowest BCUT2D eigenvalue weighted by molar-refractivity contribution is -0.389. The average molecular weight is 316 g/mol. The molecule has 0 bridgehead atoms. The molecule has 1 atom stereocenters. The van der Waals surface area contributed by atoms with Crippen molar-refractivity contribution in [2.75, 3.05) is 31.1 Å². The number of rotatable bonds is 3. The highest BCUT2D eigenvalue weighted by atomic mass is 16.6. The minimum absolute atomic E-state index is 0.132. The summed E-state index contributed by atoms with van der Waals surface area (Å²) in [7, 11) is 0. The van der Waals surface area contributed by atoms with Crippen molar-refractivity contribution < 1.29 is 9.72 Å². The monoisotopic (exact) mass is 316 g/mol. The summed E-state index contributed by atoms with van der Waals surface area (Å²) >= 11 is 0. The number of aromatic nitrogens is 1. The fraction of sp³-hybridized carbons (Fsp3) is 0.500. The summed E-state index contributed by atoms with van der Waals surface area (Å²) in [5.41, 5.74) is 0.864. The van der Waals surface area contributed by atoms with Gasteiger partial charge in [-0.2, -0.15) is 0 Å². The van der Waals surface area contributed by atoms with E-state index < -0.39 is 4.92 Å². The number of carbonyl (C=O) groups excluding carboxylic acids is 1. The molecule has 1 saturated heterocycles. The standard InChI is InChI=1S/C16H20N4O3/c21-16(13-4-2-1-3-5-13)19-10-8-18(9-11-19)14-6-7-15(17-12-14)20(22)23/h1-2,6-7,12-13H,3-5,8-11H2. The summed E-state index contributed by atoms with van der Waals surface area (Å²) in [5.74, 6) is 0.247. The lowest BCUT2D eigenvalue weighted by Crippen LogP contribution is -2.50. The Morgan fingerprint density at radius 2 is 2.00 bits per heavy atom. The van der Waals surface area contributed by atoms with Gasteiger partial charge in [0.05, 0.1) is 5.69 Å². The van der Waals surface area contributed by atoms with Crippen LogP contribution in [0.15, 0.2) is 30.5 Å². The number of carbonyl (C=O) groups is 1. The molecule has 2 aliphatic rings. The average Bonchev–Trinajstić information content (AvgIpc) is 2.62. The van der Waals surface area contributed by atoms with Crippen molar-refractivity contribution in [3.05, 3.63) is 40.6 Å². The molecule has 1 aromatic rings. The minimum Gasteiger partial charge on any atom is -0.365 e. The van der Waals surface area contributed by atoms with Crippen LogP contribution in [0.2, 0.25) is 0 Å². The van der Waals surface area contributed by atoms with Crippen molar-refractivity contribution in [1.29, 1.82) is 0 Å². The SMILES string of the molecule is O=C(C1CC=CCC1)N1CCN(c2ccc([N+](=O)[O-])nc2)CC1. The molecule has 1 fully saturated rings. The van der Waals surface area contributed by atoms with Crippen LogP contribution in [-0.2, 0) is 4.79 Å². The Morgan fingerprint density at radius 3 is 2.57 bits per heavy atom. The highest BCUT2D eigenvalue weighted by molar-refractivity contribution is 5.79. The lowest BCUT2D eigenvalue weighted by Gasteiger charge is -2.37. The fourth-order valence-electron chi connectivity index (χ4n) is 3.13. The first-order valence-electron chi connectivity index (χ1n) is 7.94. The predicted molar refractivity (Wildman–Crippen MR) is 86.2 cm³/mol. The van der Waals surface area contributed by atoms with Crippen LogP contribution in [0.1, 0.15) is 19.3 Å². The van der Waals surface area contributed by atoms with Crippen LogP contribution < -0.4 is 4.90 Å². The second kappa shape index (κ2) is 6.76. The molecule has 0 spiro atoms. The Kier molecular flexibility index (Phi) is 4.55. The van der Waals surface area contributed by atoms with Gasteiger partial charge in [0.1, 0.15) is 0 Å². The summed E-state index contributed by atoms with van der Waals surface area (Å²) < 4.78 is 0. The van der Waals surface area contributed by atoms with Gasteiger partial charge in [-0.15, -0.1) is 0 Å². The summed E-state index contributed by atoms with van der Waals surface area (Å²) in [6.45, 7) is 2.84. The third-order valence-corrected chi connectivity index (χ3v) is 4.49. The van der Waals surface area contributed by atoms with Crippen LogP contribution in [0, 0.1) is 16.0 Å². The molecule has 0 radical (unpaired) electrons. The summed E-state index contributed by atoms with van der Waals surface area (Å²) in [5, 5.41) is 10.6. The molecular formula is C16H20N4O3. The van der Waals surface area contributed by atoms with E-state index in [2.05, 4.69) is 22.0 Å². The van der Waals surface area contributed by atoms with Crippen LogP contribution in [0.3, 0.4) is 0 Å². The number of nitro groups is 1. The van der Waals surface area contributed by atoms with Gasteiger partial charge in [0, 0.05) is 38.2 Å². The van der Waals surface area contributed by atoms with Crippen molar-refractivity contribution >= 4 is 17.4 Å². The van der Waals surface area contributed by atoms with E-state index in [1.165, 1.54) is 12.3 Å². The van der Waals surface area contributed by atoms with Crippen molar-refractivity contribution in [3.8, 4) is 0 Å². The number of nitrogens with zero attached hydrogens (tertiary/aromatic N) is 4. The number of hydrogen-bond acceptors (Lipinski definition) is 5. The van der Waals surface area contributed by atoms with E-state index in [9.17, 15) is 14.9 Å². The zero-order valence-electron chi connectivity index (χ0n) is 12.9. The van der Waals surface area contributed by atoms with Gasteiger partial charge in [0.2, 0.25) is 5.91 Å². The molecule has 23 heavy (non-hydrogen) atoms. The molecular weight excluding hydrogens is 296 g/mol. The first-order chi connectivity index (χ1) is 11.1. The molecule has 122 valence electrons. The zero-order valence-corrected chi connectivity index (χ0v) is 12.9. The molecule has 0 aromatic carbocycles. The highest BCUT2D eigenvalue weighted by Gasteiger charge is 2.27. The number of allylic oxidation sites excluding steroid dienone is 2. The van der Waals surface area contributed by atoms with E-state index in [1.807, 2.05) is 4.90 Å². The van der Waals surface area contributed by atoms with E-state index in [4.69, 9.17) is 0 Å². The number of pyridine rings is 1. The van der Waals surface area contributed by atoms with Crippen molar-refractivity contribution in [3.63, 3.8) is 0 Å². The van der Waals surface area contributed by atoms with Gasteiger partial charge in [0.25, 0.3) is 0 Å². The highest BCUT2D eigenvalue weighted by Crippen LogP contribution is 2.23. The Hall–Kier alpha value is -2.44. The van der Waals surface area contributed by atoms with E-state index in [0.717, 1.165) is 38.0 Å². The van der Waals surface area contributed by atoms with Crippen molar-refractivity contribution in [1.82, 2.24) is 9.88 Å². The van der Waals surface area contributed by atoms with Crippen LogP contribution in [0.5, 0.6) is 0 Å². The van der Waals surface area contributed by atoms with E-state index in [0.29, 0.717) is 13.1 Å². The van der Waals surface area contributed by atoms with Gasteiger partial charge in [-0.05, 0) is 35.2 Å². The largest absolute Gasteiger partial charge is 0.365 e. The Morgan fingerprint density at radius 1 is 1.22 bits per heavy atom. The molecule has 7 nitrogen and oxygen atoms in total. The number of hydrogen-bond donors (Lipinski definition) is 0. The summed E-state index contributed by atoms with van der Waals surface area (Å²) in [6.07, 6.45) is 8.56. The summed E-state index contributed by atoms with van der Waals surface area (Å²) in [6, 6.07) is 3.13. The summed E-state index contributed by atoms with van der Waals surface area (Å²) in [4.78, 5) is 30.5. The third-order valence-electron chi connectivity index (χ3n) is 4.49. The van der Waals surface area contributed by atoms with Gasteiger partial charge >= 0.3 is 5.82 Å². The normalized spacial score (nSPS) is 21.3. The minimum atomic E-state index is -0.501. The quantitative estimate of drug-likeness (QED) is 0.484. The molecule has 7 heteroatoms. The predicted octanol–water partition coefficient (Wildman–Crippen LogP) is 1.99. The number of anilines is 1. The molecule has 1 aliphatic heterocycles. The molecule has 0 saturated carbocycles. The number of piperazine rings is 1. The van der Waals surface area contributed by atoms with Crippen LogP contribution in [0.4, 0.5) is 11.5 Å². The molecule has 2 heterocycles. The zero-order chi connectivity index (χ0) is 16.2. The third kappa shape index (κ3) is 3.49. The maximum atomic E-state index is 12.5. The molecule has 1 amide bonds. The van der Waals surface area contributed by atoms with Gasteiger partial charge in [0.15, 0.2) is 6.20 Å². The van der Waals surface area contributed by atoms with Gasteiger partial charge in [-0.25, -0.2) is 0 Å². The molecule has 3 rings (SSSR count). The molecule has 1 unspecified atom stereocenters. The second-order valence-electron chi connectivity index (χ2n) is 5.93. The molecule has 0 N–H and O–H groups in total. The second-order valence-corrected chi connectivity index (χ2v) is 5.93. The smallest absolute Gasteiger partial charge is 0.363 e. The van der Waals surface area contributed by atoms with E-state index in [1.54, 1.807) is 6.07 Å². The van der Waals surface area contributed by atoms with E-state index >= 15 is 0 Å². The fourth-order valence-corrected chi connectivity index (χ4v) is 3.13. The maximum Gasteiger partial charge on any atom is 0.363 e. The first kappa shape index (κ1) is 15.5. The number of amides is 1. The topological polar surface area (TPSA) is 79.6 Å². The van der Waals surface area contributed by atoms with Crippen molar-refractivity contribution in [2.45, 2.75) is 19.3 Å². The first-order valence-corrected chi connectivity index (χ1v) is 7.94. The molecule has 1 aliphatic carbocycles. The van der Waals surface area contributed by atoms with Gasteiger partial charge in [-0.1, -0.05) is 12.2 Å². The van der Waals surface area contributed by atoms with Crippen LogP contribution in [0.25, 0.3) is 0 Å². The Bertz CT molecular complexity index is 606. The Balaban J connectivity index is 1.56. The van der Waals surface area contributed by atoms with Gasteiger partial charge in [-0.3, -0.25) is 4.79 Å². The van der Waals surface area contributed by atoms with Crippen LogP contribution >= 0.6 is 0 Å². The van der Waals surface area contributed by atoms with Crippen molar-refractivity contribution in [2.24, 2.45) is 5.92 Å². The molecule has 1 aromatic heterocycles. The lowest BCUT2D eigenvalue weighted by atomic mass is 9.93. The van der Waals surface area contributed by atoms with Gasteiger partial charge < -0.3 is 19.9 Å². The Labute approximate surface area is 134 Å². The van der Waals surface area contributed by atoms with E-state index in [-0.39, 0.29) is 17.6 Å². The van der Waals surface area contributed by atoms with Crippen LogP contribution in [-0.4, -0.2) is 46.9 Å². The maximum absolute atomic E-state index is 12.5.